The quantitative estimate of drug-likeness (QED) is 0.630. The number of ether oxygens (including phenoxy) is 1. The van der Waals surface area contributed by atoms with Gasteiger partial charge in [0.25, 0.3) is 0 Å². The normalized spacial score (nSPS) is 10.8. The van der Waals surface area contributed by atoms with E-state index < -0.39 is 11.6 Å². The summed E-state index contributed by atoms with van der Waals surface area (Å²) in [5.74, 6) is -1.33. The average molecular weight is 361 g/mol. The van der Waals surface area contributed by atoms with Crippen LogP contribution in [-0.2, 0) is 0 Å². The highest BCUT2D eigenvalue weighted by molar-refractivity contribution is 6.30. The highest BCUT2D eigenvalue weighted by Crippen LogP contribution is 2.39. The van der Waals surface area contributed by atoms with Gasteiger partial charge in [-0.1, -0.05) is 23.7 Å². The standard InChI is InChI=1S/C19H15ClF2N2O/c1-10-17(12-4-6-13(20)7-5-12)18(11(2)24-23-10)19-15(21)8-14(25-3)9-16(19)22/h4-9H,1-3H3. The molecule has 0 saturated heterocycles. The molecule has 0 atom stereocenters. The molecule has 6 heteroatoms. The first kappa shape index (κ1) is 17.3. The Morgan fingerprint density at radius 1 is 0.840 bits per heavy atom. The van der Waals surface area contributed by atoms with Gasteiger partial charge in [-0.15, -0.1) is 0 Å². The van der Waals surface area contributed by atoms with Crippen molar-refractivity contribution >= 4 is 11.6 Å². The number of hydrogen-bond donors (Lipinski definition) is 0. The molecule has 3 rings (SSSR count). The van der Waals surface area contributed by atoms with Crippen LogP contribution in [0.4, 0.5) is 8.78 Å². The molecule has 0 unspecified atom stereocenters. The molecule has 0 saturated carbocycles. The molecule has 25 heavy (non-hydrogen) atoms. The summed E-state index contributed by atoms with van der Waals surface area (Å²) in [4.78, 5) is 0. The molecule has 0 aliphatic heterocycles. The number of methoxy groups -OCH3 is 1. The molecule has 1 heterocycles. The van der Waals surface area contributed by atoms with E-state index in [2.05, 4.69) is 10.2 Å². The van der Waals surface area contributed by atoms with Crippen LogP contribution in [0.25, 0.3) is 22.3 Å². The minimum Gasteiger partial charge on any atom is -0.497 e. The van der Waals surface area contributed by atoms with E-state index in [-0.39, 0.29) is 11.3 Å². The lowest BCUT2D eigenvalue weighted by Crippen LogP contribution is -2.03. The van der Waals surface area contributed by atoms with E-state index in [1.807, 2.05) is 0 Å². The fourth-order valence-electron chi connectivity index (χ4n) is 2.79. The third-order valence-electron chi connectivity index (χ3n) is 3.96. The fourth-order valence-corrected chi connectivity index (χ4v) is 2.92. The van der Waals surface area contributed by atoms with Gasteiger partial charge in [0.1, 0.15) is 17.4 Å². The van der Waals surface area contributed by atoms with Gasteiger partial charge < -0.3 is 4.74 Å². The summed E-state index contributed by atoms with van der Waals surface area (Å²) in [6.45, 7) is 3.42. The van der Waals surface area contributed by atoms with E-state index in [1.165, 1.54) is 7.11 Å². The van der Waals surface area contributed by atoms with Crippen LogP contribution in [-0.4, -0.2) is 17.3 Å². The summed E-state index contributed by atoms with van der Waals surface area (Å²) in [5.41, 5.74) is 2.58. The first-order valence-electron chi connectivity index (χ1n) is 7.55. The monoisotopic (exact) mass is 360 g/mol. The van der Waals surface area contributed by atoms with Gasteiger partial charge in [-0.05, 0) is 31.5 Å². The predicted octanol–water partition coefficient (Wildman–Crippen LogP) is 5.37. The third kappa shape index (κ3) is 3.20. The highest BCUT2D eigenvalue weighted by Gasteiger charge is 2.22. The summed E-state index contributed by atoms with van der Waals surface area (Å²) in [6.07, 6.45) is 0. The highest BCUT2D eigenvalue weighted by atomic mass is 35.5. The first-order chi connectivity index (χ1) is 11.9. The number of hydrogen-bond acceptors (Lipinski definition) is 3. The van der Waals surface area contributed by atoms with Crippen LogP contribution in [0.2, 0.25) is 5.02 Å². The number of aromatic nitrogens is 2. The lowest BCUT2D eigenvalue weighted by molar-refractivity contribution is 0.407. The maximum Gasteiger partial charge on any atom is 0.137 e. The van der Waals surface area contributed by atoms with E-state index in [0.717, 1.165) is 17.7 Å². The van der Waals surface area contributed by atoms with Crippen molar-refractivity contribution in [2.75, 3.05) is 7.11 Å². The van der Waals surface area contributed by atoms with Gasteiger partial charge in [-0.3, -0.25) is 0 Å². The van der Waals surface area contributed by atoms with Crippen molar-refractivity contribution in [2.45, 2.75) is 13.8 Å². The molecule has 0 fully saturated rings. The molecule has 128 valence electrons. The van der Waals surface area contributed by atoms with Crippen LogP contribution in [0.3, 0.4) is 0 Å². The van der Waals surface area contributed by atoms with Crippen molar-refractivity contribution in [2.24, 2.45) is 0 Å². The molecule has 0 aliphatic carbocycles. The maximum atomic E-state index is 14.7. The van der Waals surface area contributed by atoms with Crippen molar-refractivity contribution in [3.8, 4) is 28.0 Å². The summed E-state index contributed by atoms with van der Waals surface area (Å²) in [6, 6.07) is 9.31. The van der Waals surface area contributed by atoms with Crippen molar-refractivity contribution in [1.82, 2.24) is 10.2 Å². The summed E-state index contributed by atoms with van der Waals surface area (Å²) < 4.78 is 34.3. The number of halogens is 3. The van der Waals surface area contributed by atoms with Crippen LogP contribution in [0.1, 0.15) is 11.4 Å². The molecule has 0 bridgehead atoms. The Hall–Kier alpha value is -2.53. The molecule has 0 spiro atoms. The molecule has 3 nitrogen and oxygen atoms in total. The predicted molar refractivity (Wildman–Crippen MR) is 93.9 cm³/mol. The van der Waals surface area contributed by atoms with Crippen LogP contribution in [0.15, 0.2) is 36.4 Å². The minimum absolute atomic E-state index is 0.114. The second kappa shape index (κ2) is 6.76. The van der Waals surface area contributed by atoms with E-state index in [4.69, 9.17) is 16.3 Å². The largest absolute Gasteiger partial charge is 0.497 e. The van der Waals surface area contributed by atoms with E-state index >= 15 is 0 Å². The SMILES string of the molecule is COc1cc(F)c(-c2c(C)nnc(C)c2-c2ccc(Cl)cc2)c(F)c1. The Balaban J connectivity index is 2.34. The number of benzene rings is 2. The van der Waals surface area contributed by atoms with Crippen molar-refractivity contribution in [1.29, 1.82) is 0 Å². The van der Waals surface area contributed by atoms with Gasteiger partial charge in [0.2, 0.25) is 0 Å². The van der Waals surface area contributed by atoms with E-state index in [1.54, 1.807) is 38.1 Å². The fraction of sp³-hybridized carbons (Fsp3) is 0.158. The zero-order valence-electron chi connectivity index (χ0n) is 13.9. The molecule has 2 aromatic carbocycles. The third-order valence-corrected chi connectivity index (χ3v) is 4.21. The smallest absolute Gasteiger partial charge is 0.137 e. The van der Waals surface area contributed by atoms with Gasteiger partial charge in [0.05, 0.1) is 24.1 Å². The van der Waals surface area contributed by atoms with Crippen LogP contribution < -0.4 is 4.74 Å². The first-order valence-corrected chi connectivity index (χ1v) is 7.93. The second-order valence-corrected chi connectivity index (χ2v) is 6.03. The van der Waals surface area contributed by atoms with Crippen molar-refractivity contribution in [3.63, 3.8) is 0 Å². The minimum atomic E-state index is -0.720. The lowest BCUT2D eigenvalue weighted by Gasteiger charge is -2.16. The molecular weight excluding hydrogens is 346 g/mol. The van der Waals surface area contributed by atoms with Crippen LogP contribution in [0, 0.1) is 25.5 Å². The van der Waals surface area contributed by atoms with Crippen LogP contribution in [0.5, 0.6) is 5.75 Å². The van der Waals surface area contributed by atoms with Gasteiger partial charge in [-0.2, -0.15) is 10.2 Å². The molecular formula is C19H15ClF2N2O. The second-order valence-electron chi connectivity index (χ2n) is 5.59. The zero-order valence-corrected chi connectivity index (χ0v) is 14.7. The summed E-state index contributed by atoms with van der Waals surface area (Å²) in [5, 5.41) is 8.72. The Kier molecular flexibility index (Phi) is 4.68. The Morgan fingerprint density at radius 2 is 1.36 bits per heavy atom. The summed E-state index contributed by atoms with van der Waals surface area (Å²) >= 11 is 5.95. The number of rotatable bonds is 3. The van der Waals surface area contributed by atoms with Crippen molar-refractivity contribution < 1.29 is 13.5 Å². The van der Waals surface area contributed by atoms with E-state index in [9.17, 15) is 8.78 Å². The summed E-state index contributed by atoms with van der Waals surface area (Å²) in [7, 11) is 1.36. The molecule has 0 N–H and O–H groups in total. The maximum absolute atomic E-state index is 14.7. The van der Waals surface area contributed by atoms with Gasteiger partial charge in [-0.25, -0.2) is 8.78 Å². The number of aryl methyl sites for hydroxylation is 2. The molecule has 0 amide bonds. The van der Waals surface area contributed by atoms with Gasteiger partial charge >= 0.3 is 0 Å². The van der Waals surface area contributed by atoms with Crippen LogP contribution >= 0.6 is 11.6 Å². The Bertz CT molecular complexity index is 920. The van der Waals surface area contributed by atoms with Gasteiger partial charge in [0.15, 0.2) is 0 Å². The lowest BCUT2D eigenvalue weighted by atomic mass is 9.92. The van der Waals surface area contributed by atoms with Crippen molar-refractivity contribution in [3.05, 3.63) is 64.4 Å². The molecule has 1 aromatic heterocycles. The van der Waals surface area contributed by atoms with E-state index in [0.29, 0.717) is 27.5 Å². The Labute approximate surface area is 149 Å². The average Bonchev–Trinajstić information content (AvgIpc) is 2.58. The zero-order chi connectivity index (χ0) is 18.1. The topological polar surface area (TPSA) is 35.0 Å². The Morgan fingerprint density at radius 3 is 1.88 bits per heavy atom. The van der Waals surface area contributed by atoms with Gasteiger partial charge in [0, 0.05) is 28.3 Å². The molecule has 0 radical (unpaired) electrons. The number of nitrogens with zero attached hydrogens (tertiary/aromatic N) is 2. The molecule has 3 aromatic rings. The molecule has 0 aliphatic rings.